The van der Waals surface area contributed by atoms with Crippen LogP contribution in [0.25, 0.3) is 0 Å². The molecule has 1 amide bonds. The Balaban J connectivity index is 1.50. The molecule has 2 heterocycles. The SMILES string of the molecule is CCc1ccccc1CNC(=NC)N1CCC(C(=O)N2CCOCC2)CC1. The first-order valence-corrected chi connectivity index (χ1v) is 10.1. The van der Waals surface area contributed by atoms with Gasteiger partial charge in [-0.3, -0.25) is 9.79 Å². The molecule has 0 spiro atoms. The van der Waals surface area contributed by atoms with E-state index in [9.17, 15) is 4.79 Å². The van der Waals surface area contributed by atoms with Crippen molar-refractivity contribution in [2.75, 3.05) is 46.4 Å². The van der Waals surface area contributed by atoms with Crippen LogP contribution in [0.4, 0.5) is 0 Å². The van der Waals surface area contributed by atoms with Gasteiger partial charge >= 0.3 is 0 Å². The third kappa shape index (κ3) is 5.01. The van der Waals surface area contributed by atoms with Crippen molar-refractivity contribution in [3.05, 3.63) is 35.4 Å². The van der Waals surface area contributed by atoms with E-state index < -0.39 is 0 Å². The van der Waals surface area contributed by atoms with Gasteiger partial charge < -0.3 is 19.9 Å². The molecule has 2 aliphatic rings. The summed E-state index contributed by atoms with van der Waals surface area (Å²) >= 11 is 0. The van der Waals surface area contributed by atoms with Gasteiger partial charge in [0.2, 0.25) is 5.91 Å². The molecule has 2 fully saturated rings. The first-order chi connectivity index (χ1) is 13.2. The van der Waals surface area contributed by atoms with Crippen LogP contribution in [0.2, 0.25) is 0 Å². The predicted molar refractivity (Wildman–Crippen MR) is 108 cm³/mol. The molecule has 0 radical (unpaired) electrons. The highest BCUT2D eigenvalue weighted by Crippen LogP contribution is 2.20. The maximum Gasteiger partial charge on any atom is 0.225 e. The van der Waals surface area contributed by atoms with Gasteiger partial charge in [-0.2, -0.15) is 0 Å². The number of ether oxygens (including phenoxy) is 1. The van der Waals surface area contributed by atoms with Gasteiger partial charge in [0.05, 0.1) is 13.2 Å². The minimum Gasteiger partial charge on any atom is -0.378 e. The zero-order valence-electron chi connectivity index (χ0n) is 16.6. The Hall–Kier alpha value is -2.08. The average Bonchev–Trinajstić information content (AvgIpc) is 2.75. The summed E-state index contributed by atoms with van der Waals surface area (Å²) in [4.78, 5) is 21.4. The van der Waals surface area contributed by atoms with Crippen molar-refractivity contribution in [3.8, 4) is 0 Å². The van der Waals surface area contributed by atoms with E-state index >= 15 is 0 Å². The fraction of sp³-hybridized carbons (Fsp3) is 0.619. The van der Waals surface area contributed by atoms with E-state index in [2.05, 4.69) is 46.4 Å². The monoisotopic (exact) mass is 372 g/mol. The van der Waals surface area contributed by atoms with Crippen LogP contribution in [-0.2, 0) is 22.5 Å². The molecule has 0 bridgehead atoms. The van der Waals surface area contributed by atoms with Gasteiger partial charge in [0.25, 0.3) is 0 Å². The number of rotatable bonds is 4. The van der Waals surface area contributed by atoms with E-state index in [-0.39, 0.29) is 5.92 Å². The smallest absolute Gasteiger partial charge is 0.225 e. The lowest BCUT2D eigenvalue weighted by Crippen LogP contribution is -2.49. The molecule has 6 nitrogen and oxygen atoms in total. The number of aliphatic imine (C=N–C) groups is 1. The summed E-state index contributed by atoms with van der Waals surface area (Å²) in [5, 5.41) is 3.50. The molecule has 1 aromatic carbocycles. The van der Waals surface area contributed by atoms with Crippen LogP contribution >= 0.6 is 0 Å². The summed E-state index contributed by atoms with van der Waals surface area (Å²) in [7, 11) is 1.83. The summed E-state index contributed by atoms with van der Waals surface area (Å²) < 4.78 is 5.35. The third-order valence-electron chi connectivity index (χ3n) is 5.61. The van der Waals surface area contributed by atoms with Crippen molar-refractivity contribution in [2.45, 2.75) is 32.7 Å². The molecule has 1 aromatic rings. The van der Waals surface area contributed by atoms with Crippen LogP contribution in [0, 0.1) is 5.92 Å². The second-order valence-corrected chi connectivity index (χ2v) is 7.22. The van der Waals surface area contributed by atoms with Crippen molar-refractivity contribution in [1.82, 2.24) is 15.1 Å². The number of likely N-dealkylation sites (tertiary alicyclic amines) is 1. The first kappa shape index (κ1) is 19.7. The summed E-state index contributed by atoms with van der Waals surface area (Å²) in [6, 6.07) is 8.53. The normalized spacial score (nSPS) is 19.3. The number of carbonyl (C=O) groups excluding carboxylic acids is 1. The minimum absolute atomic E-state index is 0.137. The number of benzene rings is 1. The van der Waals surface area contributed by atoms with Gasteiger partial charge in [0.15, 0.2) is 5.96 Å². The molecular weight excluding hydrogens is 340 g/mol. The van der Waals surface area contributed by atoms with Crippen LogP contribution in [0.15, 0.2) is 29.3 Å². The second-order valence-electron chi connectivity index (χ2n) is 7.22. The summed E-state index contributed by atoms with van der Waals surface area (Å²) in [5.74, 6) is 1.37. The van der Waals surface area contributed by atoms with Crippen molar-refractivity contribution in [1.29, 1.82) is 0 Å². The number of nitrogens with zero attached hydrogens (tertiary/aromatic N) is 3. The first-order valence-electron chi connectivity index (χ1n) is 10.1. The lowest BCUT2D eigenvalue weighted by Gasteiger charge is -2.36. The number of piperidine rings is 1. The Labute approximate surface area is 162 Å². The van der Waals surface area contributed by atoms with E-state index in [1.807, 2.05) is 11.9 Å². The molecular formula is C21H32N4O2. The number of guanidine groups is 1. The number of morpholine rings is 1. The van der Waals surface area contributed by atoms with Crippen molar-refractivity contribution < 1.29 is 9.53 Å². The Morgan fingerprint density at radius 1 is 1.11 bits per heavy atom. The molecule has 2 saturated heterocycles. The highest BCUT2D eigenvalue weighted by Gasteiger charge is 2.30. The van der Waals surface area contributed by atoms with E-state index in [4.69, 9.17) is 4.74 Å². The minimum atomic E-state index is 0.137. The van der Waals surface area contributed by atoms with Gasteiger partial charge in [-0.05, 0) is 30.4 Å². The topological polar surface area (TPSA) is 57.2 Å². The molecule has 6 heteroatoms. The van der Waals surface area contributed by atoms with Crippen LogP contribution in [0.1, 0.15) is 30.9 Å². The van der Waals surface area contributed by atoms with Crippen LogP contribution in [0.5, 0.6) is 0 Å². The van der Waals surface area contributed by atoms with Gasteiger partial charge in [-0.25, -0.2) is 0 Å². The number of hydrogen-bond acceptors (Lipinski definition) is 3. The largest absolute Gasteiger partial charge is 0.378 e. The fourth-order valence-corrected chi connectivity index (χ4v) is 3.96. The third-order valence-corrected chi connectivity index (χ3v) is 5.61. The Kier molecular flexibility index (Phi) is 7.10. The maximum atomic E-state index is 12.7. The van der Waals surface area contributed by atoms with E-state index in [0.717, 1.165) is 57.9 Å². The van der Waals surface area contributed by atoms with Crippen LogP contribution in [0.3, 0.4) is 0 Å². The van der Waals surface area contributed by atoms with Crippen molar-refractivity contribution in [3.63, 3.8) is 0 Å². The molecule has 2 aliphatic heterocycles. The predicted octanol–water partition coefficient (Wildman–Crippen LogP) is 1.90. The molecule has 27 heavy (non-hydrogen) atoms. The van der Waals surface area contributed by atoms with Crippen LogP contribution in [-0.4, -0.2) is 68.1 Å². The molecule has 0 unspecified atom stereocenters. The zero-order valence-corrected chi connectivity index (χ0v) is 16.6. The number of aryl methyl sites for hydroxylation is 1. The number of carbonyl (C=O) groups is 1. The Morgan fingerprint density at radius 2 is 1.78 bits per heavy atom. The van der Waals surface area contributed by atoms with Crippen LogP contribution < -0.4 is 5.32 Å². The quantitative estimate of drug-likeness (QED) is 0.648. The summed E-state index contributed by atoms with van der Waals surface area (Å²) in [5.41, 5.74) is 2.69. The highest BCUT2D eigenvalue weighted by atomic mass is 16.5. The lowest BCUT2D eigenvalue weighted by atomic mass is 9.95. The molecule has 0 aromatic heterocycles. The summed E-state index contributed by atoms with van der Waals surface area (Å²) in [6.45, 7) is 7.51. The molecule has 0 aliphatic carbocycles. The molecule has 148 valence electrons. The number of amides is 1. The zero-order chi connectivity index (χ0) is 19.1. The molecule has 3 rings (SSSR count). The molecule has 0 saturated carbocycles. The van der Waals surface area contributed by atoms with Gasteiger partial charge in [-0.15, -0.1) is 0 Å². The van der Waals surface area contributed by atoms with Gasteiger partial charge in [0, 0.05) is 45.7 Å². The lowest BCUT2D eigenvalue weighted by molar-refractivity contribution is -0.140. The Morgan fingerprint density at radius 3 is 2.41 bits per heavy atom. The Bertz CT molecular complexity index is 647. The second kappa shape index (κ2) is 9.74. The average molecular weight is 373 g/mol. The molecule has 1 N–H and O–H groups in total. The highest BCUT2D eigenvalue weighted by molar-refractivity contribution is 5.81. The van der Waals surface area contributed by atoms with Crippen molar-refractivity contribution in [2.24, 2.45) is 10.9 Å². The van der Waals surface area contributed by atoms with Gasteiger partial charge in [-0.1, -0.05) is 31.2 Å². The molecule has 0 atom stereocenters. The maximum absolute atomic E-state index is 12.7. The van der Waals surface area contributed by atoms with Crippen molar-refractivity contribution >= 4 is 11.9 Å². The van der Waals surface area contributed by atoms with Gasteiger partial charge in [0.1, 0.15) is 0 Å². The van der Waals surface area contributed by atoms with E-state index in [0.29, 0.717) is 19.1 Å². The van der Waals surface area contributed by atoms with E-state index in [1.54, 1.807) is 0 Å². The number of nitrogens with one attached hydrogen (secondary N) is 1. The standard InChI is InChI=1S/C21H32N4O2/c1-3-17-6-4-5-7-19(17)16-23-21(22-2)25-10-8-18(9-11-25)20(26)24-12-14-27-15-13-24/h4-7,18H,3,8-16H2,1-2H3,(H,22,23). The number of hydrogen-bond donors (Lipinski definition) is 1. The van der Waals surface area contributed by atoms with E-state index in [1.165, 1.54) is 11.1 Å². The summed E-state index contributed by atoms with van der Waals surface area (Å²) in [6.07, 6.45) is 2.82. The fourth-order valence-electron chi connectivity index (χ4n) is 3.96.